The van der Waals surface area contributed by atoms with Gasteiger partial charge < -0.3 is 4.90 Å². The van der Waals surface area contributed by atoms with Crippen molar-refractivity contribution in [3.8, 4) is 0 Å². The average molecular weight is 248 g/mol. The molecule has 0 bridgehead atoms. The summed E-state index contributed by atoms with van der Waals surface area (Å²) < 4.78 is 0. The van der Waals surface area contributed by atoms with Gasteiger partial charge in [0.15, 0.2) is 0 Å². The first kappa shape index (κ1) is 12.2. The highest BCUT2D eigenvalue weighted by Gasteiger charge is 2.29. The lowest BCUT2D eigenvalue weighted by molar-refractivity contribution is -0.128. The Kier molecular flexibility index (Phi) is 4.20. The number of rotatable bonds is 5. The Morgan fingerprint density at radius 3 is 3.18 bits per heavy atom. The molecule has 0 N–H and O–H groups in total. The molecule has 0 saturated carbocycles. The van der Waals surface area contributed by atoms with Crippen LogP contribution < -0.4 is 0 Å². The van der Waals surface area contributed by atoms with E-state index in [0.29, 0.717) is 19.0 Å². The van der Waals surface area contributed by atoms with Crippen molar-refractivity contribution < 1.29 is 4.79 Å². The van der Waals surface area contributed by atoms with Crippen LogP contribution in [-0.2, 0) is 4.79 Å². The summed E-state index contributed by atoms with van der Waals surface area (Å²) in [6.45, 7) is 4.36. The van der Waals surface area contributed by atoms with Crippen molar-refractivity contribution in [1.82, 2.24) is 9.88 Å². The van der Waals surface area contributed by atoms with Gasteiger partial charge in [-0.05, 0) is 18.6 Å². The highest BCUT2D eigenvalue weighted by atomic mass is 32.2. The van der Waals surface area contributed by atoms with E-state index >= 15 is 0 Å². The molecule has 1 aromatic heterocycles. The number of thioether (sulfide) groups is 1. The second-order valence-electron chi connectivity index (χ2n) is 4.01. The van der Waals surface area contributed by atoms with E-state index in [0.717, 1.165) is 17.2 Å². The van der Waals surface area contributed by atoms with Crippen LogP contribution in [0.5, 0.6) is 0 Å². The van der Waals surface area contributed by atoms with Crippen LogP contribution in [0.2, 0.25) is 0 Å². The van der Waals surface area contributed by atoms with Crippen molar-refractivity contribution in [2.45, 2.75) is 23.9 Å². The second kappa shape index (κ2) is 5.87. The summed E-state index contributed by atoms with van der Waals surface area (Å²) in [5.74, 6) is 1.16. The minimum atomic E-state index is 0.247. The second-order valence-corrected chi connectivity index (χ2v) is 5.05. The van der Waals surface area contributed by atoms with E-state index in [1.807, 2.05) is 23.1 Å². The fraction of sp³-hybridized carbons (Fsp3) is 0.385. The molecule has 90 valence electrons. The van der Waals surface area contributed by atoms with E-state index in [-0.39, 0.29) is 5.91 Å². The van der Waals surface area contributed by atoms with Crippen LogP contribution in [0.1, 0.15) is 12.8 Å². The quantitative estimate of drug-likeness (QED) is 0.592. The van der Waals surface area contributed by atoms with Gasteiger partial charge in [-0.1, -0.05) is 12.1 Å². The molecule has 1 aromatic rings. The molecule has 3 nitrogen and oxygen atoms in total. The Morgan fingerprint density at radius 2 is 2.47 bits per heavy atom. The Morgan fingerprint density at radius 1 is 1.59 bits per heavy atom. The lowest BCUT2D eigenvalue weighted by Crippen LogP contribution is -2.34. The van der Waals surface area contributed by atoms with Crippen molar-refractivity contribution in [2.24, 2.45) is 0 Å². The van der Waals surface area contributed by atoms with Crippen LogP contribution in [0, 0.1) is 0 Å². The molecule has 2 heterocycles. The number of hydrogen-bond donors (Lipinski definition) is 0. The van der Waals surface area contributed by atoms with Crippen LogP contribution in [0.4, 0.5) is 0 Å². The van der Waals surface area contributed by atoms with E-state index < -0.39 is 0 Å². The number of nitrogens with zero attached hydrogens (tertiary/aromatic N) is 2. The summed E-state index contributed by atoms with van der Waals surface area (Å²) in [7, 11) is 0. The van der Waals surface area contributed by atoms with Crippen molar-refractivity contribution in [3.63, 3.8) is 0 Å². The molecule has 0 aliphatic carbocycles. The van der Waals surface area contributed by atoms with Gasteiger partial charge in [0, 0.05) is 31.0 Å². The number of amides is 1. The molecule has 0 radical (unpaired) electrons. The van der Waals surface area contributed by atoms with Gasteiger partial charge in [-0.25, -0.2) is 4.98 Å². The van der Waals surface area contributed by atoms with E-state index in [1.54, 1.807) is 24.0 Å². The summed E-state index contributed by atoms with van der Waals surface area (Å²) in [6.07, 6.45) is 5.21. The monoisotopic (exact) mass is 248 g/mol. The van der Waals surface area contributed by atoms with Gasteiger partial charge in [0.25, 0.3) is 0 Å². The third-order valence-electron chi connectivity index (χ3n) is 2.84. The predicted octanol–water partition coefficient (Wildman–Crippen LogP) is 2.35. The van der Waals surface area contributed by atoms with Crippen LogP contribution in [-0.4, -0.2) is 34.1 Å². The summed E-state index contributed by atoms with van der Waals surface area (Å²) in [6, 6.07) is 6.22. The molecule has 1 aliphatic heterocycles. The molecule has 1 aliphatic rings. The maximum atomic E-state index is 11.6. The number of carbonyl (C=O) groups is 1. The molecular formula is C13H16N2OS. The topological polar surface area (TPSA) is 33.2 Å². The zero-order valence-corrected chi connectivity index (χ0v) is 10.5. The van der Waals surface area contributed by atoms with Crippen molar-refractivity contribution >= 4 is 17.7 Å². The molecular weight excluding hydrogens is 232 g/mol. The fourth-order valence-electron chi connectivity index (χ4n) is 1.97. The fourth-order valence-corrected chi connectivity index (χ4v) is 2.99. The maximum absolute atomic E-state index is 11.6. The number of hydrogen-bond acceptors (Lipinski definition) is 3. The Hall–Kier alpha value is -1.29. The standard InChI is InChI=1S/C13H16N2OS/c1-2-9-15-11(6-7-13(15)16)10-17-12-5-3-4-8-14-12/h2-5,8,11H,1,6-7,9-10H2. The summed E-state index contributed by atoms with van der Waals surface area (Å²) >= 11 is 1.71. The smallest absolute Gasteiger partial charge is 0.223 e. The number of aromatic nitrogens is 1. The molecule has 0 spiro atoms. The maximum Gasteiger partial charge on any atom is 0.223 e. The van der Waals surface area contributed by atoms with Gasteiger partial charge in [-0.2, -0.15) is 0 Å². The molecule has 0 aromatic carbocycles. The minimum absolute atomic E-state index is 0.247. The number of likely N-dealkylation sites (tertiary alicyclic amines) is 1. The molecule has 17 heavy (non-hydrogen) atoms. The summed E-state index contributed by atoms with van der Waals surface area (Å²) in [5.41, 5.74) is 0. The van der Waals surface area contributed by atoms with E-state index in [1.165, 1.54) is 0 Å². The lowest BCUT2D eigenvalue weighted by Gasteiger charge is -2.22. The largest absolute Gasteiger partial charge is 0.335 e. The van der Waals surface area contributed by atoms with Crippen molar-refractivity contribution in [1.29, 1.82) is 0 Å². The third kappa shape index (κ3) is 3.09. The van der Waals surface area contributed by atoms with Gasteiger partial charge >= 0.3 is 0 Å². The van der Waals surface area contributed by atoms with E-state index in [2.05, 4.69) is 11.6 Å². The number of carbonyl (C=O) groups excluding carboxylic acids is 1. The molecule has 2 rings (SSSR count). The molecule has 4 heteroatoms. The molecule has 1 unspecified atom stereocenters. The highest BCUT2D eigenvalue weighted by Crippen LogP contribution is 2.25. The third-order valence-corrected chi connectivity index (χ3v) is 3.93. The molecule has 1 amide bonds. The first-order valence-corrected chi connectivity index (χ1v) is 6.74. The van der Waals surface area contributed by atoms with Gasteiger partial charge in [0.05, 0.1) is 5.03 Å². The van der Waals surface area contributed by atoms with Crippen LogP contribution >= 0.6 is 11.8 Å². The predicted molar refractivity (Wildman–Crippen MR) is 69.9 cm³/mol. The molecule has 1 fully saturated rings. The molecule has 1 saturated heterocycles. The van der Waals surface area contributed by atoms with Crippen LogP contribution in [0.15, 0.2) is 42.1 Å². The highest BCUT2D eigenvalue weighted by molar-refractivity contribution is 7.99. The zero-order valence-electron chi connectivity index (χ0n) is 9.71. The van der Waals surface area contributed by atoms with Gasteiger partial charge in [0.1, 0.15) is 0 Å². The van der Waals surface area contributed by atoms with E-state index in [4.69, 9.17) is 0 Å². The SMILES string of the molecule is C=CCN1C(=O)CCC1CSc1ccccn1. The number of pyridine rings is 1. The summed E-state index contributed by atoms with van der Waals surface area (Å²) in [5, 5.41) is 1.02. The van der Waals surface area contributed by atoms with Gasteiger partial charge in [-0.3, -0.25) is 4.79 Å². The van der Waals surface area contributed by atoms with Gasteiger partial charge in [-0.15, -0.1) is 18.3 Å². The van der Waals surface area contributed by atoms with E-state index in [9.17, 15) is 4.79 Å². The van der Waals surface area contributed by atoms with Crippen LogP contribution in [0.3, 0.4) is 0 Å². The lowest BCUT2D eigenvalue weighted by atomic mass is 10.2. The summed E-state index contributed by atoms with van der Waals surface area (Å²) in [4.78, 5) is 17.8. The Labute approximate surface area is 106 Å². The first-order valence-electron chi connectivity index (χ1n) is 5.75. The van der Waals surface area contributed by atoms with Crippen LogP contribution in [0.25, 0.3) is 0 Å². The van der Waals surface area contributed by atoms with Gasteiger partial charge in [0.2, 0.25) is 5.91 Å². The van der Waals surface area contributed by atoms with Crippen molar-refractivity contribution in [3.05, 3.63) is 37.1 Å². The zero-order chi connectivity index (χ0) is 12.1. The Bertz CT molecular complexity index is 394. The minimum Gasteiger partial charge on any atom is -0.335 e. The normalized spacial score (nSPS) is 19.6. The van der Waals surface area contributed by atoms with Crippen molar-refractivity contribution in [2.75, 3.05) is 12.3 Å². The molecule has 1 atom stereocenters. The Balaban J connectivity index is 1.90. The first-order chi connectivity index (χ1) is 8.31. The average Bonchev–Trinajstić information content (AvgIpc) is 2.70.